The van der Waals surface area contributed by atoms with Crippen LogP contribution >= 0.6 is 0 Å². The quantitative estimate of drug-likeness (QED) is 0.600. The summed E-state index contributed by atoms with van der Waals surface area (Å²) < 4.78 is 38.8. The van der Waals surface area contributed by atoms with Crippen molar-refractivity contribution in [1.29, 1.82) is 0 Å². The van der Waals surface area contributed by atoms with Gasteiger partial charge in [0, 0.05) is 18.8 Å². The number of sulfonamides is 1. The van der Waals surface area contributed by atoms with Crippen molar-refractivity contribution < 1.29 is 22.2 Å². The second-order valence-electron chi connectivity index (χ2n) is 7.87. The Morgan fingerprint density at radius 2 is 2.06 bits per heavy atom. The fraction of sp³-hybridized carbons (Fsp3) is 0.304. The number of piperidine rings is 1. The van der Waals surface area contributed by atoms with Gasteiger partial charge in [0.2, 0.25) is 15.9 Å². The van der Waals surface area contributed by atoms with Crippen LogP contribution in [-0.2, 0) is 14.8 Å². The summed E-state index contributed by atoms with van der Waals surface area (Å²) in [6.07, 6.45) is 5.88. The number of aryl methyl sites for hydroxylation is 2. The largest absolute Gasteiger partial charge is 0.465 e. The summed E-state index contributed by atoms with van der Waals surface area (Å²) in [6.45, 7) is 3.98. The highest BCUT2D eigenvalue weighted by Crippen LogP contribution is 2.29. The van der Waals surface area contributed by atoms with Crippen molar-refractivity contribution in [2.75, 3.05) is 18.4 Å². The van der Waals surface area contributed by atoms with Gasteiger partial charge in [-0.15, -0.1) is 0 Å². The Bertz CT molecular complexity index is 1230. The molecule has 1 aromatic carbocycles. The number of hydrogen-bond acceptors (Lipinski definition) is 6. The van der Waals surface area contributed by atoms with Gasteiger partial charge >= 0.3 is 0 Å². The summed E-state index contributed by atoms with van der Waals surface area (Å²) in [5.74, 6) is 0.0651. The second kappa shape index (κ2) is 9.13. The number of carbonyl (C=O) groups excluding carboxylic acids is 1. The standard InChI is InChI=1S/C23H25N3O5S/c1-16-6-3-8-19(14-16)24-23(27)18-7-4-12-26(15-18)32(28,29)22-17(2)25-31-21(22)11-10-20-9-5-13-30-20/h3,5-6,8-11,13-14,18H,4,7,12,15H2,1-2H3,(H,24,27)/b11-10+. The maximum atomic E-state index is 13.5. The van der Waals surface area contributed by atoms with Gasteiger partial charge in [-0.25, -0.2) is 8.42 Å². The zero-order chi connectivity index (χ0) is 22.7. The van der Waals surface area contributed by atoms with Crippen LogP contribution in [0.25, 0.3) is 12.2 Å². The lowest BCUT2D eigenvalue weighted by Crippen LogP contribution is -2.43. The van der Waals surface area contributed by atoms with Crippen molar-refractivity contribution in [3.63, 3.8) is 0 Å². The van der Waals surface area contributed by atoms with Gasteiger partial charge in [-0.1, -0.05) is 17.3 Å². The van der Waals surface area contributed by atoms with Crippen molar-refractivity contribution in [3.05, 3.63) is 65.4 Å². The first-order chi connectivity index (χ1) is 15.3. The number of rotatable bonds is 6. The average molecular weight is 456 g/mol. The first-order valence-corrected chi connectivity index (χ1v) is 11.8. The summed E-state index contributed by atoms with van der Waals surface area (Å²) >= 11 is 0. The van der Waals surface area contributed by atoms with E-state index in [9.17, 15) is 13.2 Å². The van der Waals surface area contributed by atoms with E-state index in [0.717, 1.165) is 5.56 Å². The Labute approximate surface area is 186 Å². The van der Waals surface area contributed by atoms with E-state index in [0.29, 0.717) is 30.8 Å². The highest BCUT2D eigenvalue weighted by Gasteiger charge is 2.37. The van der Waals surface area contributed by atoms with Crippen LogP contribution in [0, 0.1) is 19.8 Å². The fourth-order valence-corrected chi connectivity index (χ4v) is 5.59. The highest BCUT2D eigenvalue weighted by atomic mass is 32.2. The number of nitrogens with zero attached hydrogens (tertiary/aromatic N) is 2. The van der Waals surface area contributed by atoms with Crippen LogP contribution in [-0.4, -0.2) is 36.9 Å². The monoisotopic (exact) mass is 455 g/mol. The molecule has 1 amide bonds. The minimum Gasteiger partial charge on any atom is -0.465 e. The number of benzene rings is 1. The zero-order valence-electron chi connectivity index (χ0n) is 17.9. The molecule has 0 spiro atoms. The van der Waals surface area contributed by atoms with Crippen molar-refractivity contribution in [1.82, 2.24) is 9.46 Å². The molecular weight excluding hydrogens is 430 g/mol. The van der Waals surface area contributed by atoms with E-state index in [1.54, 1.807) is 25.1 Å². The average Bonchev–Trinajstić information content (AvgIpc) is 3.42. The van der Waals surface area contributed by atoms with Crippen LogP contribution in [0.2, 0.25) is 0 Å². The van der Waals surface area contributed by atoms with Gasteiger partial charge < -0.3 is 14.3 Å². The zero-order valence-corrected chi connectivity index (χ0v) is 18.8. The Balaban J connectivity index is 1.53. The van der Waals surface area contributed by atoms with Gasteiger partial charge in [-0.2, -0.15) is 4.31 Å². The molecule has 1 atom stereocenters. The van der Waals surface area contributed by atoms with Gasteiger partial charge in [-0.05, 0) is 68.7 Å². The van der Waals surface area contributed by atoms with E-state index in [2.05, 4.69) is 10.5 Å². The Morgan fingerprint density at radius 3 is 2.81 bits per heavy atom. The molecule has 0 saturated carbocycles. The second-order valence-corrected chi connectivity index (χ2v) is 9.75. The van der Waals surface area contributed by atoms with Crippen LogP contribution < -0.4 is 5.32 Å². The number of aromatic nitrogens is 1. The van der Waals surface area contributed by atoms with E-state index >= 15 is 0 Å². The Hall–Kier alpha value is -3.17. The summed E-state index contributed by atoms with van der Waals surface area (Å²) in [4.78, 5) is 12.8. The summed E-state index contributed by atoms with van der Waals surface area (Å²) in [5, 5.41) is 6.76. The number of anilines is 1. The molecule has 3 aromatic rings. The topological polar surface area (TPSA) is 106 Å². The smallest absolute Gasteiger partial charge is 0.248 e. The van der Waals surface area contributed by atoms with E-state index in [4.69, 9.17) is 8.94 Å². The molecule has 0 bridgehead atoms. The lowest BCUT2D eigenvalue weighted by molar-refractivity contribution is -0.120. The van der Waals surface area contributed by atoms with Crippen molar-refractivity contribution in [2.45, 2.75) is 31.6 Å². The number of hydrogen-bond donors (Lipinski definition) is 1. The molecule has 9 heteroatoms. The predicted octanol–water partition coefficient (Wildman–Crippen LogP) is 4.09. The SMILES string of the molecule is Cc1cccc(NC(=O)C2CCCN(S(=O)(=O)c3c(C)noc3/C=C/c3ccco3)C2)c1. The molecule has 0 radical (unpaired) electrons. The molecule has 1 aliphatic heterocycles. The molecule has 2 aromatic heterocycles. The molecule has 1 aliphatic rings. The van der Waals surface area contributed by atoms with E-state index in [1.807, 2.05) is 31.2 Å². The third-order valence-electron chi connectivity index (χ3n) is 5.41. The van der Waals surface area contributed by atoms with Gasteiger partial charge in [0.05, 0.1) is 12.2 Å². The van der Waals surface area contributed by atoms with Crippen LogP contribution in [0.5, 0.6) is 0 Å². The number of nitrogens with one attached hydrogen (secondary N) is 1. The normalized spacial score (nSPS) is 17.6. The van der Waals surface area contributed by atoms with Gasteiger partial charge in [0.1, 0.15) is 11.5 Å². The number of furan rings is 1. The fourth-order valence-electron chi connectivity index (χ4n) is 3.81. The Kier molecular flexibility index (Phi) is 6.29. The molecule has 1 fully saturated rings. The molecular formula is C23H25N3O5S. The van der Waals surface area contributed by atoms with E-state index in [1.165, 1.54) is 16.6 Å². The van der Waals surface area contributed by atoms with E-state index < -0.39 is 15.9 Å². The minimum atomic E-state index is -3.90. The van der Waals surface area contributed by atoms with Crippen molar-refractivity contribution in [2.24, 2.45) is 5.92 Å². The summed E-state index contributed by atoms with van der Waals surface area (Å²) in [5.41, 5.74) is 2.01. The first kappa shape index (κ1) is 22.0. The van der Waals surface area contributed by atoms with Crippen molar-refractivity contribution >= 4 is 33.8 Å². The minimum absolute atomic E-state index is 0.0139. The molecule has 4 rings (SSSR count). The Morgan fingerprint density at radius 1 is 1.22 bits per heavy atom. The van der Waals surface area contributed by atoms with Gasteiger partial charge in [0.25, 0.3) is 0 Å². The van der Waals surface area contributed by atoms with Crippen LogP contribution in [0.4, 0.5) is 5.69 Å². The molecule has 32 heavy (non-hydrogen) atoms. The molecule has 8 nitrogen and oxygen atoms in total. The van der Waals surface area contributed by atoms with Gasteiger partial charge in [-0.3, -0.25) is 4.79 Å². The molecule has 1 unspecified atom stereocenters. The van der Waals surface area contributed by atoms with Crippen LogP contribution in [0.3, 0.4) is 0 Å². The lowest BCUT2D eigenvalue weighted by atomic mass is 9.98. The van der Waals surface area contributed by atoms with E-state index in [-0.39, 0.29) is 28.8 Å². The highest BCUT2D eigenvalue weighted by molar-refractivity contribution is 7.89. The third kappa shape index (κ3) is 4.68. The summed E-state index contributed by atoms with van der Waals surface area (Å²) in [6, 6.07) is 11.0. The lowest BCUT2D eigenvalue weighted by Gasteiger charge is -2.31. The van der Waals surface area contributed by atoms with Crippen molar-refractivity contribution in [3.8, 4) is 0 Å². The predicted molar refractivity (Wildman–Crippen MR) is 120 cm³/mol. The molecule has 3 heterocycles. The first-order valence-electron chi connectivity index (χ1n) is 10.4. The molecule has 1 saturated heterocycles. The maximum Gasteiger partial charge on any atom is 0.248 e. The molecule has 0 aliphatic carbocycles. The van der Waals surface area contributed by atoms with Gasteiger partial charge in [0.15, 0.2) is 10.7 Å². The number of carbonyl (C=O) groups is 1. The van der Waals surface area contributed by atoms with Crippen LogP contribution in [0.1, 0.15) is 35.6 Å². The summed E-state index contributed by atoms with van der Waals surface area (Å²) in [7, 11) is -3.90. The molecule has 1 N–H and O–H groups in total. The third-order valence-corrected chi connectivity index (χ3v) is 7.44. The number of amides is 1. The maximum absolute atomic E-state index is 13.5. The van der Waals surface area contributed by atoms with Crippen LogP contribution in [0.15, 0.2) is 56.5 Å². The molecule has 168 valence electrons.